The number of nitrogens with one attached hydrogen (secondary N) is 2. The van der Waals surface area contributed by atoms with Gasteiger partial charge in [0.1, 0.15) is 23.4 Å². The molecule has 0 fully saturated rings. The number of ether oxygens (including phenoxy) is 1. The number of nitrogens with zero attached hydrogens (tertiary/aromatic N) is 1. The standard InChI is InChI=1S/C33H49N3O5/c1-8-10-12-19-34-30(38)29(27-21-23(3)13-14-24(27)4)36(20-11-9-2)31(39)28(35-32(40)41-33(5,6)7)22-25-15-17-26(37)18-16-25/h13-18,21,28-29,37H,8-12,19-20,22H2,1-7H3,(H,34,38)(H,35,40). The second-order valence-electron chi connectivity index (χ2n) is 11.7. The van der Waals surface area contributed by atoms with Crippen LogP contribution in [0, 0.1) is 13.8 Å². The fourth-order valence-electron chi connectivity index (χ4n) is 4.60. The number of hydrogen-bond acceptors (Lipinski definition) is 5. The second kappa shape index (κ2) is 16.0. The number of aromatic hydroxyl groups is 1. The number of phenols is 1. The van der Waals surface area contributed by atoms with E-state index < -0.39 is 23.8 Å². The lowest BCUT2D eigenvalue weighted by Crippen LogP contribution is -2.54. The molecule has 2 aromatic carbocycles. The molecular formula is C33H49N3O5. The van der Waals surface area contributed by atoms with Gasteiger partial charge in [0.25, 0.3) is 0 Å². The molecule has 0 spiro atoms. The van der Waals surface area contributed by atoms with Crippen molar-refractivity contribution in [2.45, 2.75) is 105 Å². The summed E-state index contributed by atoms with van der Waals surface area (Å²) in [7, 11) is 0. The van der Waals surface area contributed by atoms with Gasteiger partial charge in [-0.1, -0.05) is 69.0 Å². The highest BCUT2D eigenvalue weighted by atomic mass is 16.6. The van der Waals surface area contributed by atoms with Gasteiger partial charge in [0.2, 0.25) is 11.8 Å². The largest absolute Gasteiger partial charge is 0.508 e. The van der Waals surface area contributed by atoms with E-state index in [9.17, 15) is 19.5 Å². The van der Waals surface area contributed by atoms with Gasteiger partial charge in [-0.05, 0) is 76.3 Å². The molecule has 226 valence electrons. The van der Waals surface area contributed by atoms with E-state index in [1.54, 1.807) is 49.9 Å². The van der Waals surface area contributed by atoms with Gasteiger partial charge in [0, 0.05) is 19.5 Å². The first-order chi connectivity index (χ1) is 19.4. The van der Waals surface area contributed by atoms with Crippen LogP contribution in [0.25, 0.3) is 0 Å². The molecule has 3 amide bonds. The molecule has 2 unspecified atom stereocenters. The predicted octanol–water partition coefficient (Wildman–Crippen LogP) is 6.12. The van der Waals surface area contributed by atoms with Crippen molar-refractivity contribution < 1.29 is 24.2 Å². The van der Waals surface area contributed by atoms with Gasteiger partial charge < -0.3 is 25.4 Å². The fourth-order valence-corrected chi connectivity index (χ4v) is 4.60. The second-order valence-corrected chi connectivity index (χ2v) is 11.7. The molecule has 41 heavy (non-hydrogen) atoms. The summed E-state index contributed by atoms with van der Waals surface area (Å²) in [6, 6.07) is 10.6. The number of carbonyl (C=O) groups excluding carboxylic acids is 3. The summed E-state index contributed by atoms with van der Waals surface area (Å²) in [5.41, 5.74) is 2.67. The molecule has 8 heteroatoms. The zero-order valence-electron chi connectivity index (χ0n) is 25.9. The lowest BCUT2D eigenvalue weighted by molar-refractivity contribution is -0.142. The number of amides is 3. The maximum absolute atomic E-state index is 14.4. The topological polar surface area (TPSA) is 108 Å². The minimum Gasteiger partial charge on any atom is -0.508 e. The number of hydrogen-bond donors (Lipinski definition) is 3. The average molecular weight is 568 g/mol. The number of aryl methyl sites for hydroxylation is 2. The first-order valence-corrected chi connectivity index (χ1v) is 14.8. The number of alkyl carbamates (subject to hydrolysis) is 1. The SMILES string of the molecule is CCCCCNC(=O)C(c1cc(C)ccc1C)N(CCCC)C(=O)C(Cc1ccc(O)cc1)NC(=O)OC(C)(C)C. The Kier molecular flexibility index (Phi) is 13.2. The van der Waals surface area contributed by atoms with Crippen molar-refractivity contribution in [2.24, 2.45) is 0 Å². The van der Waals surface area contributed by atoms with Gasteiger partial charge in [-0.2, -0.15) is 0 Å². The van der Waals surface area contributed by atoms with E-state index in [2.05, 4.69) is 17.6 Å². The number of unbranched alkanes of at least 4 members (excludes halogenated alkanes) is 3. The van der Waals surface area contributed by atoms with Crippen LogP contribution in [0.4, 0.5) is 4.79 Å². The third-order valence-electron chi connectivity index (χ3n) is 6.77. The van der Waals surface area contributed by atoms with Crippen molar-refractivity contribution >= 4 is 17.9 Å². The van der Waals surface area contributed by atoms with Crippen molar-refractivity contribution in [3.8, 4) is 5.75 Å². The first-order valence-electron chi connectivity index (χ1n) is 14.8. The van der Waals surface area contributed by atoms with E-state index in [-0.39, 0.29) is 24.0 Å². The molecule has 0 bridgehead atoms. The maximum atomic E-state index is 14.4. The molecule has 0 saturated carbocycles. The van der Waals surface area contributed by atoms with Crippen molar-refractivity contribution in [1.29, 1.82) is 0 Å². The van der Waals surface area contributed by atoms with Gasteiger partial charge in [-0.25, -0.2) is 4.79 Å². The van der Waals surface area contributed by atoms with Crippen molar-refractivity contribution in [1.82, 2.24) is 15.5 Å². The molecule has 3 N–H and O–H groups in total. The minimum absolute atomic E-state index is 0.107. The van der Waals surface area contributed by atoms with Crippen LogP contribution in [0.15, 0.2) is 42.5 Å². The number of benzene rings is 2. The van der Waals surface area contributed by atoms with E-state index >= 15 is 0 Å². The Morgan fingerprint density at radius 2 is 1.61 bits per heavy atom. The van der Waals surface area contributed by atoms with Crippen LogP contribution in [0.1, 0.15) is 95.0 Å². The Hall–Kier alpha value is -3.55. The zero-order chi connectivity index (χ0) is 30.6. The Balaban J connectivity index is 2.56. The first kappa shape index (κ1) is 33.7. The molecule has 0 aliphatic carbocycles. The summed E-state index contributed by atoms with van der Waals surface area (Å²) in [5.74, 6) is -0.497. The van der Waals surface area contributed by atoms with Crippen LogP contribution in [0.5, 0.6) is 5.75 Å². The van der Waals surface area contributed by atoms with Crippen LogP contribution < -0.4 is 10.6 Å². The Labute approximate surface area is 245 Å². The third kappa shape index (κ3) is 11.1. The Bertz CT molecular complexity index is 1140. The number of rotatable bonds is 14. The normalized spacial score (nSPS) is 12.8. The van der Waals surface area contributed by atoms with E-state index in [0.717, 1.165) is 47.9 Å². The monoisotopic (exact) mass is 567 g/mol. The quantitative estimate of drug-likeness (QED) is 0.238. The average Bonchev–Trinajstić information content (AvgIpc) is 2.90. The van der Waals surface area contributed by atoms with E-state index in [1.165, 1.54) is 0 Å². The van der Waals surface area contributed by atoms with Crippen LogP contribution in [0.2, 0.25) is 0 Å². The molecule has 2 rings (SSSR count). The molecule has 8 nitrogen and oxygen atoms in total. The number of phenolic OH excluding ortho intramolecular Hbond substituents is 1. The van der Waals surface area contributed by atoms with Crippen molar-refractivity contribution in [3.05, 3.63) is 64.7 Å². The summed E-state index contributed by atoms with van der Waals surface area (Å²) >= 11 is 0. The molecule has 0 aliphatic rings. The van der Waals surface area contributed by atoms with Gasteiger partial charge >= 0.3 is 6.09 Å². The van der Waals surface area contributed by atoms with Gasteiger partial charge in [0.15, 0.2) is 0 Å². The summed E-state index contributed by atoms with van der Waals surface area (Å²) in [6.45, 7) is 14.2. The summed E-state index contributed by atoms with van der Waals surface area (Å²) in [5, 5.41) is 15.6. The third-order valence-corrected chi connectivity index (χ3v) is 6.77. The van der Waals surface area contributed by atoms with Crippen LogP contribution in [0.3, 0.4) is 0 Å². The Morgan fingerprint density at radius 3 is 2.22 bits per heavy atom. The summed E-state index contributed by atoms with van der Waals surface area (Å²) < 4.78 is 5.50. The van der Waals surface area contributed by atoms with E-state index in [4.69, 9.17) is 4.74 Å². The highest BCUT2D eigenvalue weighted by Gasteiger charge is 2.36. The van der Waals surface area contributed by atoms with Crippen LogP contribution >= 0.6 is 0 Å². The number of carbonyl (C=O) groups is 3. The molecule has 2 atom stereocenters. The van der Waals surface area contributed by atoms with Gasteiger partial charge in [0.05, 0.1) is 0 Å². The Morgan fingerprint density at radius 1 is 0.951 bits per heavy atom. The minimum atomic E-state index is -0.994. The molecular weight excluding hydrogens is 518 g/mol. The van der Waals surface area contributed by atoms with Crippen molar-refractivity contribution in [2.75, 3.05) is 13.1 Å². The molecule has 0 aromatic heterocycles. The highest BCUT2D eigenvalue weighted by molar-refractivity contribution is 5.92. The molecule has 0 radical (unpaired) electrons. The maximum Gasteiger partial charge on any atom is 0.408 e. The highest BCUT2D eigenvalue weighted by Crippen LogP contribution is 2.28. The van der Waals surface area contributed by atoms with Gasteiger partial charge in [-0.15, -0.1) is 0 Å². The molecule has 0 heterocycles. The van der Waals surface area contributed by atoms with E-state index in [0.29, 0.717) is 19.5 Å². The molecule has 0 saturated heterocycles. The zero-order valence-corrected chi connectivity index (χ0v) is 25.9. The van der Waals surface area contributed by atoms with E-state index in [1.807, 2.05) is 39.0 Å². The molecule has 2 aromatic rings. The summed E-state index contributed by atoms with van der Waals surface area (Å²) in [6.07, 6.45) is 3.86. The fraction of sp³-hybridized carbons (Fsp3) is 0.545. The molecule has 0 aliphatic heterocycles. The van der Waals surface area contributed by atoms with Crippen molar-refractivity contribution in [3.63, 3.8) is 0 Å². The smallest absolute Gasteiger partial charge is 0.408 e. The summed E-state index contributed by atoms with van der Waals surface area (Å²) in [4.78, 5) is 42.8. The lowest BCUT2D eigenvalue weighted by Gasteiger charge is -2.35. The van der Waals surface area contributed by atoms with Crippen LogP contribution in [-0.4, -0.2) is 52.6 Å². The van der Waals surface area contributed by atoms with Crippen LogP contribution in [-0.2, 0) is 20.7 Å². The lowest BCUT2D eigenvalue weighted by atomic mass is 9.95. The predicted molar refractivity (Wildman–Crippen MR) is 163 cm³/mol. The van der Waals surface area contributed by atoms with Gasteiger partial charge in [-0.3, -0.25) is 9.59 Å².